The Kier molecular flexibility index (Phi) is 7.15. The van der Waals surface area contributed by atoms with E-state index >= 15 is 0 Å². The molecule has 19 heavy (non-hydrogen) atoms. The van der Waals surface area contributed by atoms with Gasteiger partial charge < -0.3 is 15.2 Å². The van der Waals surface area contributed by atoms with Crippen molar-refractivity contribution in [3.8, 4) is 0 Å². The summed E-state index contributed by atoms with van der Waals surface area (Å²) in [5.41, 5.74) is 1.05. The highest BCUT2D eigenvalue weighted by molar-refractivity contribution is 5.80. The molecule has 0 aromatic heterocycles. The van der Waals surface area contributed by atoms with E-state index in [4.69, 9.17) is 9.84 Å². The summed E-state index contributed by atoms with van der Waals surface area (Å²) in [4.78, 5) is 11.8. The summed E-state index contributed by atoms with van der Waals surface area (Å²) in [5, 5.41) is 11.6. The number of carbonyl (C=O) groups is 1. The van der Waals surface area contributed by atoms with E-state index in [1.807, 2.05) is 37.3 Å². The molecule has 1 aromatic carbocycles. The van der Waals surface area contributed by atoms with E-state index in [1.54, 1.807) is 6.92 Å². The number of ether oxygens (including phenoxy) is 1. The Bertz CT molecular complexity index is 367. The van der Waals surface area contributed by atoms with Gasteiger partial charge in [0, 0.05) is 13.2 Å². The molecule has 106 valence electrons. The third-order valence-corrected chi connectivity index (χ3v) is 2.96. The van der Waals surface area contributed by atoms with Gasteiger partial charge in [0.15, 0.2) is 0 Å². The molecule has 1 rings (SSSR count). The van der Waals surface area contributed by atoms with Crippen LogP contribution in [0.1, 0.15) is 25.8 Å². The zero-order chi connectivity index (χ0) is 14.1. The van der Waals surface area contributed by atoms with E-state index in [-0.39, 0.29) is 18.4 Å². The van der Waals surface area contributed by atoms with E-state index in [0.29, 0.717) is 19.6 Å². The van der Waals surface area contributed by atoms with Crippen molar-refractivity contribution in [2.75, 3.05) is 13.2 Å². The molecular formula is C15H23NO3. The third kappa shape index (κ3) is 6.36. The first-order valence-corrected chi connectivity index (χ1v) is 6.67. The van der Waals surface area contributed by atoms with Crippen LogP contribution < -0.4 is 5.32 Å². The lowest BCUT2D eigenvalue weighted by atomic mass is 10.1. The molecule has 0 fully saturated rings. The summed E-state index contributed by atoms with van der Waals surface area (Å²) < 4.78 is 5.52. The molecular weight excluding hydrogens is 242 g/mol. The minimum absolute atomic E-state index is 0.110. The molecule has 4 nitrogen and oxygen atoms in total. The summed E-state index contributed by atoms with van der Waals surface area (Å²) in [6.45, 7) is 4.89. The molecule has 2 atom stereocenters. The minimum atomic E-state index is -0.471. The minimum Gasteiger partial charge on any atom is -0.396 e. The first-order valence-electron chi connectivity index (χ1n) is 6.67. The SMILES string of the molecule is CC(CCO)CNC(=O)C(C)OCc1ccccc1. The molecule has 0 saturated carbocycles. The molecule has 0 aliphatic heterocycles. The Morgan fingerprint density at radius 1 is 1.32 bits per heavy atom. The van der Waals surface area contributed by atoms with Gasteiger partial charge in [-0.3, -0.25) is 4.79 Å². The van der Waals surface area contributed by atoms with E-state index in [1.165, 1.54) is 0 Å². The number of benzene rings is 1. The second-order valence-electron chi connectivity index (χ2n) is 4.80. The van der Waals surface area contributed by atoms with Gasteiger partial charge in [-0.1, -0.05) is 37.3 Å². The van der Waals surface area contributed by atoms with Gasteiger partial charge in [0.1, 0.15) is 6.10 Å². The summed E-state index contributed by atoms with van der Waals surface area (Å²) >= 11 is 0. The predicted molar refractivity (Wildman–Crippen MR) is 74.6 cm³/mol. The van der Waals surface area contributed by atoms with Gasteiger partial charge >= 0.3 is 0 Å². The fraction of sp³-hybridized carbons (Fsp3) is 0.533. The van der Waals surface area contributed by atoms with Crippen LogP contribution >= 0.6 is 0 Å². The monoisotopic (exact) mass is 265 g/mol. The molecule has 0 radical (unpaired) electrons. The van der Waals surface area contributed by atoms with Gasteiger partial charge in [-0.05, 0) is 24.8 Å². The zero-order valence-electron chi connectivity index (χ0n) is 11.6. The van der Waals surface area contributed by atoms with Crippen molar-refractivity contribution in [3.63, 3.8) is 0 Å². The van der Waals surface area contributed by atoms with Gasteiger partial charge in [-0.15, -0.1) is 0 Å². The summed E-state index contributed by atoms with van der Waals surface area (Å²) in [6, 6.07) is 9.77. The number of hydrogen-bond acceptors (Lipinski definition) is 3. The van der Waals surface area contributed by atoms with Gasteiger partial charge in [-0.2, -0.15) is 0 Å². The smallest absolute Gasteiger partial charge is 0.248 e. The van der Waals surface area contributed by atoms with Crippen molar-refractivity contribution < 1.29 is 14.6 Å². The molecule has 0 aliphatic carbocycles. The topological polar surface area (TPSA) is 58.6 Å². The fourth-order valence-electron chi connectivity index (χ4n) is 1.61. The Labute approximate surface area is 114 Å². The Morgan fingerprint density at radius 2 is 2.00 bits per heavy atom. The normalized spacial score (nSPS) is 13.8. The molecule has 0 aliphatic rings. The van der Waals surface area contributed by atoms with E-state index < -0.39 is 6.10 Å². The van der Waals surface area contributed by atoms with Crippen molar-refractivity contribution in [1.82, 2.24) is 5.32 Å². The van der Waals surface area contributed by atoms with E-state index in [2.05, 4.69) is 5.32 Å². The van der Waals surface area contributed by atoms with Crippen LogP contribution in [0.2, 0.25) is 0 Å². The standard InChI is InChI=1S/C15H23NO3/c1-12(8-9-17)10-16-15(18)13(2)19-11-14-6-4-3-5-7-14/h3-7,12-13,17H,8-11H2,1-2H3,(H,16,18). The average molecular weight is 265 g/mol. The van der Waals surface area contributed by atoms with Crippen molar-refractivity contribution in [1.29, 1.82) is 0 Å². The predicted octanol–water partition coefficient (Wildman–Crippen LogP) is 1.73. The fourth-order valence-corrected chi connectivity index (χ4v) is 1.61. The van der Waals surface area contributed by atoms with Crippen LogP contribution in [0, 0.1) is 5.92 Å². The largest absolute Gasteiger partial charge is 0.396 e. The summed E-state index contributed by atoms with van der Waals surface area (Å²) in [7, 11) is 0. The number of rotatable bonds is 8. The molecule has 1 amide bonds. The highest BCUT2D eigenvalue weighted by Gasteiger charge is 2.13. The number of aliphatic hydroxyl groups excluding tert-OH is 1. The maximum atomic E-state index is 11.8. The van der Waals surface area contributed by atoms with Gasteiger partial charge in [0.2, 0.25) is 5.91 Å². The Morgan fingerprint density at radius 3 is 2.63 bits per heavy atom. The van der Waals surface area contributed by atoms with Crippen molar-refractivity contribution in [3.05, 3.63) is 35.9 Å². The summed E-state index contributed by atoms with van der Waals surface area (Å²) in [6.07, 6.45) is 0.223. The highest BCUT2D eigenvalue weighted by atomic mass is 16.5. The van der Waals surface area contributed by atoms with Gasteiger partial charge in [-0.25, -0.2) is 0 Å². The summed E-state index contributed by atoms with van der Waals surface area (Å²) in [5.74, 6) is 0.163. The van der Waals surface area contributed by atoms with Crippen LogP contribution in [-0.2, 0) is 16.1 Å². The lowest BCUT2D eigenvalue weighted by molar-refractivity contribution is -0.132. The lowest BCUT2D eigenvalue weighted by Gasteiger charge is -2.16. The van der Waals surface area contributed by atoms with Crippen LogP contribution in [-0.4, -0.2) is 30.3 Å². The average Bonchev–Trinajstić information content (AvgIpc) is 2.43. The second-order valence-corrected chi connectivity index (χ2v) is 4.80. The van der Waals surface area contributed by atoms with E-state index in [9.17, 15) is 4.79 Å². The highest BCUT2D eigenvalue weighted by Crippen LogP contribution is 2.04. The number of aliphatic hydroxyl groups is 1. The Balaban J connectivity index is 2.25. The van der Waals surface area contributed by atoms with Crippen molar-refractivity contribution in [2.45, 2.75) is 33.0 Å². The van der Waals surface area contributed by atoms with Crippen LogP contribution in [0.3, 0.4) is 0 Å². The number of amides is 1. The Hall–Kier alpha value is -1.39. The number of hydrogen-bond donors (Lipinski definition) is 2. The number of nitrogens with one attached hydrogen (secondary N) is 1. The molecule has 4 heteroatoms. The molecule has 0 bridgehead atoms. The maximum Gasteiger partial charge on any atom is 0.248 e. The molecule has 0 heterocycles. The van der Waals surface area contributed by atoms with Gasteiger partial charge in [0.05, 0.1) is 6.61 Å². The van der Waals surface area contributed by atoms with Crippen LogP contribution in [0.25, 0.3) is 0 Å². The zero-order valence-corrected chi connectivity index (χ0v) is 11.6. The third-order valence-electron chi connectivity index (χ3n) is 2.96. The molecule has 0 spiro atoms. The van der Waals surface area contributed by atoms with Crippen molar-refractivity contribution >= 4 is 5.91 Å². The number of carbonyl (C=O) groups excluding carboxylic acids is 1. The second kappa shape index (κ2) is 8.67. The van der Waals surface area contributed by atoms with Crippen LogP contribution in [0.15, 0.2) is 30.3 Å². The lowest BCUT2D eigenvalue weighted by Crippen LogP contribution is -2.37. The first-order chi connectivity index (χ1) is 9.13. The quantitative estimate of drug-likeness (QED) is 0.752. The molecule has 1 aromatic rings. The maximum absolute atomic E-state index is 11.8. The van der Waals surface area contributed by atoms with Crippen molar-refractivity contribution in [2.24, 2.45) is 5.92 Å². The van der Waals surface area contributed by atoms with Crippen LogP contribution in [0.4, 0.5) is 0 Å². The molecule has 2 N–H and O–H groups in total. The first kappa shape index (κ1) is 15.7. The molecule has 0 saturated heterocycles. The van der Waals surface area contributed by atoms with Crippen LogP contribution in [0.5, 0.6) is 0 Å². The molecule has 2 unspecified atom stereocenters. The van der Waals surface area contributed by atoms with Gasteiger partial charge in [0.25, 0.3) is 0 Å². The van der Waals surface area contributed by atoms with E-state index in [0.717, 1.165) is 5.56 Å².